The van der Waals surface area contributed by atoms with Gasteiger partial charge in [0.1, 0.15) is 30.5 Å². The van der Waals surface area contributed by atoms with E-state index in [-0.39, 0.29) is 24.1 Å². The summed E-state index contributed by atoms with van der Waals surface area (Å²) in [6.07, 6.45) is -3.61. The zero-order valence-corrected chi connectivity index (χ0v) is 18.5. The van der Waals surface area contributed by atoms with Crippen molar-refractivity contribution in [3.8, 4) is 0 Å². The number of aliphatic carboxylic acids is 1. The Bertz CT molecular complexity index is 1010. The van der Waals surface area contributed by atoms with Gasteiger partial charge in [0.15, 0.2) is 18.2 Å². The van der Waals surface area contributed by atoms with Gasteiger partial charge in [-0.3, -0.25) is 0 Å². The van der Waals surface area contributed by atoms with Crippen molar-refractivity contribution in [2.75, 3.05) is 13.6 Å². The highest BCUT2D eigenvalue weighted by atomic mass is 16.7. The molecule has 11 nitrogen and oxygen atoms in total. The lowest BCUT2D eigenvalue weighted by molar-refractivity contribution is -0.336. The van der Waals surface area contributed by atoms with Crippen LogP contribution in [-0.2, 0) is 19.0 Å². The number of rotatable bonds is 3. The van der Waals surface area contributed by atoms with Gasteiger partial charge in [0.05, 0.1) is 0 Å². The molecule has 0 aromatic carbocycles. The molecule has 0 amide bonds. The molecule has 0 aromatic heterocycles. The summed E-state index contributed by atoms with van der Waals surface area (Å²) >= 11 is 0. The summed E-state index contributed by atoms with van der Waals surface area (Å²) in [5.41, 5.74) is 1.28. The maximum atomic E-state index is 11.7. The Morgan fingerprint density at radius 1 is 1.21 bits per heavy atom. The van der Waals surface area contributed by atoms with Crippen LogP contribution in [0, 0.1) is 11.3 Å². The predicted molar refractivity (Wildman–Crippen MR) is 112 cm³/mol. The normalized spacial score (nSPS) is 51.6. The van der Waals surface area contributed by atoms with Crippen LogP contribution < -0.4 is 0 Å². The van der Waals surface area contributed by atoms with E-state index in [1.165, 1.54) is 0 Å². The highest BCUT2D eigenvalue weighted by molar-refractivity contribution is 5.73. The Morgan fingerprint density at radius 3 is 2.71 bits per heavy atom. The lowest BCUT2D eigenvalue weighted by atomic mass is 9.51. The van der Waals surface area contributed by atoms with E-state index in [2.05, 4.69) is 11.9 Å². The van der Waals surface area contributed by atoms with Gasteiger partial charge in [-0.05, 0) is 32.0 Å². The fourth-order valence-corrected chi connectivity index (χ4v) is 6.98. The van der Waals surface area contributed by atoms with E-state index in [1.54, 1.807) is 6.08 Å². The monoisotopic (exact) mass is 479 g/mol. The van der Waals surface area contributed by atoms with Gasteiger partial charge in [-0.2, -0.15) is 0 Å². The topological polar surface area (TPSA) is 169 Å². The first-order valence-electron chi connectivity index (χ1n) is 11.6. The van der Waals surface area contributed by atoms with Crippen molar-refractivity contribution in [1.29, 1.82) is 0 Å². The summed E-state index contributed by atoms with van der Waals surface area (Å²) in [6, 6.07) is 0.226. The third kappa shape index (κ3) is 2.78. The van der Waals surface area contributed by atoms with Gasteiger partial charge >= 0.3 is 5.97 Å². The van der Waals surface area contributed by atoms with E-state index < -0.39 is 60.1 Å². The van der Waals surface area contributed by atoms with Gasteiger partial charge in [0.25, 0.3) is 0 Å². The van der Waals surface area contributed by atoms with Crippen molar-refractivity contribution in [3.63, 3.8) is 0 Å². The van der Waals surface area contributed by atoms with E-state index in [4.69, 9.17) is 19.3 Å². The first-order chi connectivity index (χ1) is 16.1. The van der Waals surface area contributed by atoms with Crippen LogP contribution in [0.5, 0.6) is 0 Å². The molecule has 1 unspecified atom stereocenters. The smallest absolute Gasteiger partial charge is 0.335 e. The molecule has 6 N–H and O–H groups in total. The molecular weight excluding hydrogens is 450 g/mol. The largest absolute Gasteiger partial charge is 0.485 e. The maximum Gasteiger partial charge on any atom is 0.335 e. The molecule has 34 heavy (non-hydrogen) atoms. The number of carbonyl (C=O) groups is 1. The molecule has 1 spiro atoms. The summed E-state index contributed by atoms with van der Waals surface area (Å²) in [7, 11) is 2.08. The van der Waals surface area contributed by atoms with E-state index in [0.29, 0.717) is 6.42 Å². The molecule has 2 bridgehead atoms. The van der Waals surface area contributed by atoms with Crippen LogP contribution in [0.4, 0.5) is 0 Å². The second-order valence-electron chi connectivity index (χ2n) is 10.3. The highest BCUT2D eigenvalue weighted by Crippen LogP contribution is 2.66. The molecule has 2 saturated heterocycles. The van der Waals surface area contributed by atoms with Crippen LogP contribution in [0.2, 0.25) is 0 Å². The Morgan fingerprint density at radius 2 is 1.97 bits per heavy atom. The summed E-state index contributed by atoms with van der Waals surface area (Å²) < 4.78 is 17.0. The second-order valence-corrected chi connectivity index (χ2v) is 10.3. The first-order valence-corrected chi connectivity index (χ1v) is 11.6. The minimum atomic E-state index is -2.11. The number of hydrogen-bond donors (Lipinski definition) is 6. The number of aliphatic hydroxyl groups is 5. The molecule has 3 fully saturated rings. The highest BCUT2D eigenvalue weighted by Gasteiger charge is 2.68. The first kappa shape index (κ1) is 22.6. The van der Waals surface area contributed by atoms with Gasteiger partial charge in [-0.1, -0.05) is 18.2 Å². The molecule has 3 aliphatic carbocycles. The number of likely N-dealkylation sites (tertiary alicyclic amines) is 1. The number of aliphatic hydroxyl groups excluding tert-OH is 4. The lowest BCUT2D eigenvalue weighted by Crippen LogP contribution is -2.63. The van der Waals surface area contributed by atoms with Crippen LogP contribution in [-0.4, -0.2) is 110 Å². The van der Waals surface area contributed by atoms with Crippen LogP contribution >= 0.6 is 0 Å². The number of ether oxygens (including phenoxy) is 3. The molecule has 0 radical (unpaired) electrons. The maximum absolute atomic E-state index is 11.7. The quantitative estimate of drug-likeness (QED) is 0.200. The molecule has 11 atom stereocenters. The van der Waals surface area contributed by atoms with Crippen molar-refractivity contribution < 1.29 is 49.6 Å². The molecular formula is C23H29NO10. The fraction of sp³-hybridized carbons (Fsp3) is 0.696. The van der Waals surface area contributed by atoms with E-state index in [0.717, 1.165) is 24.1 Å². The molecule has 1 saturated carbocycles. The third-order valence-corrected chi connectivity index (χ3v) is 8.59. The molecule has 11 heteroatoms. The van der Waals surface area contributed by atoms with Gasteiger partial charge in [0, 0.05) is 29.4 Å². The molecule has 3 aliphatic heterocycles. The van der Waals surface area contributed by atoms with Crippen LogP contribution in [0.3, 0.4) is 0 Å². The zero-order chi connectivity index (χ0) is 24.2. The van der Waals surface area contributed by atoms with E-state index in [1.807, 2.05) is 12.2 Å². The fourth-order valence-electron chi connectivity index (χ4n) is 6.98. The molecule has 3 heterocycles. The number of carboxylic acid groups (broad SMARTS) is 1. The van der Waals surface area contributed by atoms with Crippen LogP contribution in [0.1, 0.15) is 19.3 Å². The zero-order valence-electron chi connectivity index (χ0n) is 18.5. The van der Waals surface area contributed by atoms with Crippen molar-refractivity contribution in [3.05, 3.63) is 35.1 Å². The Labute approximate surface area is 195 Å². The second kappa shape index (κ2) is 7.34. The van der Waals surface area contributed by atoms with Crippen molar-refractivity contribution in [1.82, 2.24) is 4.90 Å². The number of hydrogen-bond acceptors (Lipinski definition) is 10. The minimum absolute atomic E-state index is 0.0526. The average Bonchev–Trinajstić information content (AvgIpc) is 3.16. The van der Waals surface area contributed by atoms with Crippen LogP contribution in [0.15, 0.2) is 35.1 Å². The Hall–Kier alpha value is -1.83. The lowest BCUT2D eigenvalue weighted by Gasteiger charge is -2.58. The SMILES string of the molecule is CN1CC[C@]23C4=C5O[C@H]2[C@@H](O)C=C[C@H]3[C@H]1CC4=CCC5(O)O[C@@H]1[C@@H](O)[C@H](O)[C@@H](C(=O)O)O[C@H]1O. The van der Waals surface area contributed by atoms with Gasteiger partial charge in [-0.25, -0.2) is 4.79 Å². The standard InChI is InChI=1S/C23H29NO10/c1-24-7-6-22-10-2-3-12(25)18(22)33-19-13(22)9(8-11(10)24)4-5-23(19,31)34-17-15(27)14(26)16(20(28)29)32-21(17)30/h2-4,10-12,14-18,21,25-27,30-31H,5-8H2,1H3,(H,28,29)/t10-,11+,12-,14-,15-,16-,17+,18-,21+,22-,23?/m0/s1. The van der Waals surface area contributed by atoms with Crippen LogP contribution in [0.25, 0.3) is 0 Å². The van der Waals surface area contributed by atoms with Gasteiger partial charge in [0.2, 0.25) is 5.79 Å². The van der Waals surface area contributed by atoms with Crippen molar-refractivity contribution in [2.24, 2.45) is 11.3 Å². The number of piperidine rings is 1. The Kier molecular flexibility index (Phi) is 4.88. The van der Waals surface area contributed by atoms with E-state index >= 15 is 0 Å². The molecule has 6 rings (SSSR count). The number of carboxylic acids is 1. The Balaban J connectivity index is 1.38. The average molecular weight is 479 g/mol. The molecule has 6 aliphatic rings. The summed E-state index contributed by atoms with van der Waals surface area (Å²) in [5.74, 6) is -3.46. The summed E-state index contributed by atoms with van der Waals surface area (Å²) in [6.45, 7) is 0.793. The summed E-state index contributed by atoms with van der Waals surface area (Å²) in [5, 5.41) is 62.7. The third-order valence-electron chi connectivity index (χ3n) is 8.59. The number of nitrogens with zero attached hydrogens (tertiary/aromatic N) is 1. The van der Waals surface area contributed by atoms with Crippen molar-refractivity contribution in [2.45, 2.75) is 74.0 Å². The molecule has 186 valence electrons. The summed E-state index contributed by atoms with van der Waals surface area (Å²) in [4.78, 5) is 13.6. The van der Waals surface area contributed by atoms with Gasteiger partial charge < -0.3 is 49.7 Å². The minimum Gasteiger partial charge on any atom is -0.485 e. The predicted octanol–water partition coefficient (Wildman–Crippen LogP) is -1.79. The van der Waals surface area contributed by atoms with Gasteiger partial charge in [-0.15, -0.1) is 0 Å². The van der Waals surface area contributed by atoms with E-state index in [9.17, 15) is 30.3 Å². The van der Waals surface area contributed by atoms with Crippen molar-refractivity contribution >= 4 is 5.97 Å². The molecule has 0 aromatic rings.